The van der Waals surface area contributed by atoms with Crippen molar-refractivity contribution in [1.29, 1.82) is 0 Å². The van der Waals surface area contributed by atoms with Gasteiger partial charge in [-0.3, -0.25) is 4.79 Å². The molecule has 1 amide bonds. The molecule has 0 spiro atoms. The molecule has 1 fully saturated rings. The van der Waals surface area contributed by atoms with E-state index in [0.29, 0.717) is 30.2 Å². The van der Waals surface area contributed by atoms with Gasteiger partial charge in [-0.2, -0.15) is 0 Å². The highest BCUT2D eigenvalue weighted by Crippen LogP contribution is 2.17. The molecule has 2 unspecified atom stereocenters. The summed E-state index contributed by atoms with van der Waals surface area (Å²) in [5.74, 6) is 1.62. The first kappa shape index (κ1) is 14.5. The lowest BCUT2D eigenvalue weighted by atomic mass is 9.95. The molecule has 1 heterocycles. The van der Waals surface area contributed by atoms with E-state index in [9.17, 15) is 4.79 Å². The van der Waals surface area contributed by atoms with Crippen LogP contribution in [0.4, 0.5) is 0 Å². The number of likely N-dealkylation sites (tertiary alicyclic amines) is 1. The van der Waals surface area contributed by atoms with Crippen molar-refractivity contribution in [3.05, 3.63) is 0 Å². The smallest absolute Gasteiger partial charge is 0.222 e. The molecule has 0 radical (unpaired) electrons. The zero-order valence-corrected chi connectivity index (χ0v) is 11.8. The summed E-state index contributed by atoms with van der Waals surface area (Å²) in [6.07, 6.45) is 2.85. The van der Waals surface area contributed by atoms with Crippen molar-refractivity contribution in [2.75, 3.05) is 19.6 Å². The third-order valence-electron chi connectivity index (χ3n) is 3.29. The van der Waals surface area contributed by atoms with E-state index in [-0.39, 0.29) is 0 Å². The Morgan fingerprint density at radius 3 is 2.71 bits per heavy atom. The number of carbonyl (C=O) groups excluding carboxylic acids is 1. The fraction of sp³-hybridized carbons (Fsp3) is 0.929. The van der Waals surface area contributed by atoms with Gasteiger partial charge in [0.2, 0.25) is 5.91 Å². The lowest BCUT2D eigenvalue weighted by Crippen LogP contribution is -2.51. The maximum atomic E-state index is 11.9. The van der Waals surface area contributed by atoms with Crippen molar-refractivity contribution >= 4 is 5.91 Å². The van der Waals surface area contributed by atoms with Crippen LogP contribution in [0.1, 0.15) is 47.0 Å². The van der Waals surface area contributed by atoms with Gasteiger partial charge < -0.3 is 10.2 Å². The molecule has 1 saturated heterocycles. The quantitative estimate of drug-likeness (QED) is 0.799. The minimum absolute atomic E-state index is 0.329. The topological polar surface area (TPSA) is 32.3 Å². The fourth-order valence-electron chi connectivity index (χ4n) is 2.48. The fourth-order valence-corrected chi connectivity index (χ4v) is 2.48. The zero-order chi connectivity index (χ0) is 12.8. The van der Waals surface area contributed by atoms with Crippen molar-refractivity contribution in [2.24, 2.45) is 11.8 Å². The molecular weight excluding hydrogens is 212 g/mol. The third-order valence-corrected chi connectivity index (χ3v) is 3.29. The summed E-state index contributed by atoms with van der Waals surface area (Å²) in [7, 11) is 0. The second-order valence-electron chi connectivity index (χ2n) is 5.89. The van der Waals surface area contributed by atoms with E-state index in [2.05, 4.69) is 37.9 Å². The molecule has 0 bridgehead atoms. The van der Waals surface area contributed by atoms with Gasteiger partial charge in [0.1, 0.15) is 0 Å². The minimum Gasteiger partial charge on any atom is -0.341 e. The van der Waals surface area contributed by atoms with Gasteiger partial charge >= 0.3 is 0 Å². The van der Waals surface area contributed by atoms with E-state index in [4.69, 9.17) is 0 Å². The van der Waals surface area contributed by atoms with E-state index < -0.39 is 0 Å². The number of nitrogens with zero attached hydrogens (tertiary/aromatic N) is 1. The van der Waals surface area contributed by atoms with Crippen molar-refractivity contribution in [1.82, 2.24) is 10.2 Å². The Morgan fingerprint density at radius 1 is 1.41 bits per heavy atom. The van der Waals surface area contributed by atoms with Gasteiger partial charge in [-0.05, 0) is 31.2 Å². The maximum absolute atomic E-state index is 11.9. The van der Waals surface area contributed by atoms with Gasteiger partial charge in [-0.15, -0.1) is 0 Å². The van der Waals surface area contributed by atoms with Crippen LogP contribution in [0, 0.1) is 11.8 Å². The van der Waals surface area contributed by atoms with Crippen LogP contribution >= 0.6 is 0 Å². The van der Waals surface area contributed by atoms with Gasteiger partial charge in [0.05, 0.1) is 0 Å². The predicted octanol–water partition coefficient (Wildman–Crippen LogP) is 2.27. The molecule has 2 atom stereocenters. The Kier molecular flexibility index (Phi) is 5.96. The van der Waals surface area contributed by atoms with Crippen LogP contribution in [0.2, 0.25) is 0 Å². The van der Waals surface area contributed by atoms with Crippen LogP contribution in [-0.2, 0) is 4.79 Å². The molecule has 0 aliphatic carbocycles. The highest BCUT2D eigenvalue weighted by molar-refractivity contribution is 5.76. The lowest BCUT2D eigenvalue weighted by molar-refractivity contribution is -0.133. The summed E-state index contributed by atoms with van der Waals surface area (Å²) in [5, 5.41) is 3.58. The van der Waals surface area contributed by atoms with E-state index in [1.807, 2.05) is 0 Å². The molecule has 3 heteroatoms. The second-order valence-corrected chi connectivity index (χ2v) is 5.89. The molecule has 1 N–H and O–H groups in total. The summed E-state index contributed by atoms with van der Waals surface area (Å²) in [6.45, 7) is 11.6. The number of nitrogens with one attached hydrogen (secondary N) is 1. The molecule has 1 aliphatic rings. The normalized spacial score (nSPS) is 25.4. The molecule has 1 rings (SSSR count). The van der Waals surface area contributed by atoms with Gasteiger partial charge in [-0.25, -0.2) is 0 Å². The molecule has 3 nitrogen and oxygen atoms in total. The zero-order valence-electron chi connectivity index (χ0n) is 11.8. The minimum atomic E-state index is 0.329. The van der Waals surface area contributed by atoms with Crippen LogP contribution in [0.15, 0.2) is 0 Å². The van der Waals surface area contributed by atoms with Gasteiger partial charge in [0.25, 0.3) is 0 Å². The molecule has 17 heavy (non-hydrogen) atoms. The van der Waals surface area contributed by atoms with Gasteiger partial charge in [0, 0.05) is 25.6 Å². The Bertz CT molecular complexity index is 240. The molecule has 100 valence electrons. The summed E-state index contributed by atoms with van der Waals surface area (Å²) in [5.41, 5.74) is 0. The van der Waals surface area contributed by atoms with E-state index in [1.54, 1.807) is 0 Å². The first-order valence-corrected chi connectivity index (χ1v) is 7.04. The molecule has 0 aromatic carbocycles. The molecular formula is C14H28N2O. The number of hydrogen-bond acceptors (Lipinski definition) is 2. The highest BCUT2D eigenvalue weighted by Gasteiger charge is 2.26. The average molecular weight is 240 g/mol. The van der Waals surface area contributed by atoms with Crippen LogP contribution in [-0.4, -0.2) is 36.5 Å². The molecule has 0 aromatic rings. The van der Waals surface area contributed by atoms with Crippen molar-refractivity contribution in [3.8, 4) is 0 Å². The Balaban J connectivity index is 2.44. The standard InChI is InChI=1S/C14H28N2O/c1-5-6-14(17)16-9-12(4)7-13(10-16)15-8-11(2)3/h11-13,15H,5-10H2,1-4H3. The first-order valence-electron chi connectivity index (χ1n) is 7.04. The summed E-state index contributed by atoms with van der Waals surface area (Å²) >= 11 is 0. The maximum Gasteiger partial charge on any atom is 0.222 e. The number of hydrogen-bond donors (Lipinski definition) is 1. The number of piperidine rings is 1. The number of rotatable bonds is 5. The van der Waals surface area contributed by atoms with Crippen LogP contribution in [0.5, 0.6) is 0 Å². The predicted molar refractivity (Wildman–Crippen MR) is 71.9 cm³/mol. The van der Waals surface area contributed by atoms with E-state index in [1.165, 1.54) is 6.42 Å². The summed E-state index contributed by atoms with van der Waals surface area (Å²) in [6, 6.07) is 0.488. The summed E-state index contributed by atoms with van der Waals surface area (Å²) < 4.78 is 0. The van der Waals surface area contributed by atoms with E-state index >= 15 is 0 Å². The second kappa shape index (κ2) is 7.00. The van der Waals surface area contributed by atoms with E-state index in [0.717, 1.165) is 26.1 Å². The third kappa shape index (κ3) is 5.07. The largest absolute Gasteiger partial charge is 0.341 e. The van der Waals surface area contributed by atoms with Crippen LogP contribution < -0.4 is 5.32 Å². The molecule has 0 saturated carbocycles. The van der Waals surface area contributed by atoms with Crippen LogP contribution in [0.25, 0.3) is 0 Å². The van der Waals surface area contributed by atoms with Crippen molar-refractivity contribution in [3.63, 3.8) is 0 Å². The SMILES string of the molecule is CCCC(=O)N1CC(C)CC(NCC(C)C)C1. The van der Waals surface area contributed by atoms with Crippen LogP contribution in [0.3, 0.4) is 0 Å². The Hall–Kier alpha value is -0.570. The lowest BCUT2D eigenvalue weighted by Gasteiger charge is -2.37. The van der Waals surface area contributed by atoms with Gasteiger partial charge in [0.15, 0.2) is 0 Å². The summed E-state index contributed by atoms with van der Waals surface area (Å²) in [4.78, 5) is 14.0. The van der Waals surface area contributed by atoms with Crippen molar-refractivity contribution in [2.45, 2.75) is 53.0 Å². The first-order chi connectivity index (χ1) is 8.02. The molecule has 0 aromatic heterocycles. The Morgan fingerprint density at radius 2 is 2.12 bits per heavy atom. The number of carbonyl (C=O) groups is 1. The van der Waals surface area contributed by atoms with Crippen molar-refractivity contribution < 1.29 is 4.79 Å². The highest BCUT2D eigenvalue weighted by atomic mass is 16.2. The molecule has 1 aliphatic heterocycles. The average Bonchev–Trinajstić information content (AvgIpc) is 2.26. The Labute approximate surface area is 106 Å². The number of amides is 1. The van der Waals surface area contributed by atoms with Gasteiger partial charge in [-0.1, -0.05) is 27.7 Å². The monoisotopic (exact) mass is 240 g/mol.